The predicted molar refractivity (Wildman–Crippen MR) is 65.1 cm³/mol. The lowest BCUT2D eigenvalue weighted by Crippen LogP contribution is -2.50. The van der Waals surface area contributed by atoms with Crippen molar-refractivity contribution in [1.82, 2.24) is 4.90 Å². The van der Waals surface area contributed by atoms with Gasteiger partial charge in [0.15, 0.2) is 0 Å². The minimum Gasteiger partial charge on any atom is -0.481 e. The van der Waals surface area contributed by atoms with Gasteiger partial charge in [0.25, 0.3) is 0 Å². The highest BCUT2D eigenvalue weighted by Gasteiger charge is 2.40. The van der Waals surface area contributed by atoms with Crippen LogP contribution < -0.4 is 0 Å². The monoisotopic (exact) mass is 255 g/mol. The minimum atomic E-state index is -0.806. The highest BCUT2D eigenvalue weighted by Crippen LogP contribution is 2.31. The first kappa shape index (κ1) is 13.3. The Hall–Kier alpha value is -1.10. The van der Waals surface area contributed by atoms with Crippen LogP contribution in [-0.2, 0) is 14.3 Å². The number of likely N-dealkylation sites (tertiary alicyclic amines) is 1. The molecule has 1 N–H and O–H groups in total. The second-order valence-electron chi connectivity index (χ2n) is 5.64. The van der Waals surface area contributed by atoms with Gasteiger partial charge in [-0.05, 0) is 32.6 Å². The van der Waals surface area contributed by atoms with Gasteiger partial charge in [-0.1, -0.05) is 0 Å². The fourth-order valence-corrected chi connectivity index (χ4v) is 2.80. The Labute approximate surface area is 107 Å². The molecule has 2 atom stereocenters. The van der Waals surface area contributed by atoms with Crippen LogP contribution in [0.15, 0.2) is 0 Å². The van der Waals surface area contributed by atoms with Gasteiger partial charge in [-0.3, -0.25) is 9.59 Å². The quantitative estimate of drug-likeness (QED) is 0.803. The maximum absolute atomic E-state index is 12.3. The van der Waals surface area contributed by atoms with E-state index in [-0.39, 0.29) is 11.8 Å². The lowest BCUT2D eigenvalue weighted by atomic mass is 9.81. The highest BCUT2D eigenvalue weighted by molar-refractivity contribution is 5.81. The number of piperidine rings is 1. The first-order valence-corrected chi connectivity index (χ1v) is 6.63. The molecule has 102 valence electrons. The van der Waals surface area contributed by atoms with Crippen LogP contribution in [-0.4, -0.2) is 48.2 Å². The van der Waals surface area contributed by atoms with Crippen molar-refractivity contribution < 1.29 is 19.4 Å². The summed E-state index contributed by atoms with van der Waals surface area (Å²) in [4.78, 5) is 25.3. The van der Waals surface area contributed by atoms with Crippen molar-refractivity contribution in [2.45, 2.75) is 32.6 Å². The zero-order valence-electron chi connectivity index (χ0n) is 10.9. The van der Waals surface area contributed by atoms with E-state index < -0.39 is 11.4 Å². The number of carboxylic acids is 1. The number of ether oxygens (including phenoxy) is 1. The lowest BCUT2D eigenvalue weighted by Gasteiger charge is -2.39. The molecule has 2 aliphatic heterocycles. The van der Waals surface area contributed by atoms with E-state index in [1.807, 2.05) is 0 Å². The molecule has 0 aromatic rings. The van der Waals surface area contributed by atoms with Crippen LogP contribution in [0.5, 0.6) is 0 Å². The molecule has 0 bridgehead atoms. The summed E-state index contributed by atoms with van der Waals surface area (Å²) >= 11 is 0. The second-order valence-corrected chi connectivity index (χ2v) is 5.64. The van der Waals surface area contributed by atoms with Crippen LogP contribution in [0.3, 0.4) is 0 Å². The van der Waals surface area contributed by atoms with Gasteiger partial charge in [0.2, 0.25) is 5.91 Å². The first-order valence-electron chi connectivity index (χ1n) is 6.63. The second kappa shape index (κ2) is 5.26. The van der Waals surface area contributed by atoms with Gasteiger partial charge in [-0.15, -0.1) is 0 Å². The summed E-state index contributed by atoms with van der Waals surface area (Å²) in [6.07, 6.45) is 3.19. The van der Waals surface area contributed by atoms with Crippen LogP contribution in [0, 0.1) is 11.3 Å². The fraction of sp³-hybridized carbons (Fsp3) is 0.846. The molecule has 2 saturated heterocycles. The molecule has 0 aromatic carbocycles. The number of aliphatic carboxylic acids is 1. The van der Waals surface area contributed by atoms with Gasteiger partial charge in [0, 0.05) is 19.7 Å². The van der Waals surface area contributed by atoms with Crippen LogP contribution in [0.25, 0.3) is 0 Å². The summed E-state index contributed by atoms with van der Waals surface area (Å²) in [5.74, 6) is -0.809. The SMILES string of the molecule is CC1(C(=O)O)CCCN(C(=O)C2CCCOC2)C1. The third-order valence-corrected chi connectivity index (χ3v) is 4.03. The van der Waals surface area contributed by atoms with E-state index in [1.165, 1.54) is 0 Å². The molecule has 0 aromatic heterocycles. The number of nitrogens with zero attached hydrogens (tertiary/aromatic N) is 1. The van der Waals surface area contributed by atoms with Crippen molar-refractivity contribution in [2.24, 2.45) is 11.3 Å². The summed E-state index contributed by atoms with van der Waals surface area (Å²) in [5.41, 5.74) is -0.788. The van der Waals surface area contributed by atoms with Gasteiger partial charge in [0.05, 0.1) is 17.9 Å². The van der Waals surface area contributed by atoms with E-state index in [0.29, 0.717) is 26.1 Å². The zero-order valence-corrected chi connectivity index (χ0v) is 10.9. The Morgan fingerprint density at radius 2 is 2.17 bits per heavy atom. The molecule has 5 nitrogen and oxygen atoms in total. The summed E-state index contributed by atoms with van der Waals surface area (Å²) in [6.45, 7) is 3.96. The van der Waals surface area contributed by atoms with Gasteiger partial charge in [-0.25, -0.2) is 0 Å². The topological polar surface area (TPSA) is 66.8 Å². The molecule has 2 rings (SSSR count). The number of hydrogen-bond acceptors (Lipinski definition) is 3. The molecule has 0 aliphatic carbocycles. The van der Waals surface area contributed by atoms with Crippen LogP contribution in [0.4, 0.5) is 0 Å². The van der Waals surface area contributed by atoms with E-state index in [1.54, 1.807) is 11.8 Å². The molecule has 2 heterocycles. The van der Waals surface area contributed by atoms with E-state index in [2.05, 4.69) is 0 Å². The third kappa shape index (κ3) is 2.66. The van der Waals surface area contributed by atoms with Crippen LogP contribution >= 0.6 is 0 Å². The minimum absolute atomic E-state index is 0.0712. The molecule has 1 amide bonds. The molecular formula is C13H21NO4. The van der Waals surface area contributed by atoms with Gasteiger partial charge in [-0.2, -0.15) is 0 Å². The molecule has 2 fully saturated rings. The van der Waals surface area contributed by atoms with Crippen molar-refractivity contribution in [2.75, 3.05) is 26.3 Å². The molecule has 5 heteroatoms. The smallest absolute Gasteiger partial charge is 0.311 e. The number of rotatable bonds is 2. The van der Waals surface area contributed by atoms with E-state index >= 15 is 0 Å². The van der Waals surface area contributed by atoms with Crippen molar-refractivity contribution in [3.63, 3.8) is 0 Å². The Kier molecular flexibility index (Phi) is 3.90. The van der Waals surface area contributed by atoms with Gasteiger partial charge < -0.3 is 14.7 Å². The number of carbonyl (C=O) groups is 2. The number of carbonyl (C=O) groups excluding carboxylic acids is 1. The molecule has 18 heavy (non-hydrogen) atoms. The Bertz CT molecular complexity index is 338. The van der Waals surface area contributed by atoms with E-state index in [9.17, 15) is 14.7 Å². The maximum Gasteiger partial charge on any atom is 0.311 e. The average molecular weight is 255 g/mol. The summed E-state index contributed by atoms with van der Waals surface area (Å²) in [6, 6.07) is 0. The van der Waals surface area contributed by atoms with Gasteiger partial charge >= 0.3 is 5.97 Å². The summed E-state index contributed by atoms with van der Waals surface area (Å²) in [7, 11) is 0. The van der Waals surface area contributed by atoms with Crippen LogP contribution in [0.1, 0.15) is 32.6 Å². The average Bonchev–Trinajstić information content (AvgIpc) is 2.39. The fourth-order valence-electron chi connectivity index (χ4n) is 2.80. The standard InChI is InChI=1S/C13H21NO4/c1-13(12(16)17)5-3-6-14(9-13)11(15)10-4-2-7-18-8-10/h10H,2-9H2,1H3,(H,16,17). The van der Waals surface area contributed by atoms with E-state index in [0.717, 1.165) is 25.9 Å². The van der Waals surface area contributed by atoms with Crippen LogP contribution in [0.2, 0.25) is 0 Å². The van der Waals surface area contributed by atoms with Crippen molar-refractivity contribution >= 4 is 11.9 Å². The van der Waals surface area contributed by atoms with E-state index in [4.69, 9.17) is 4.74 Å². The molecule has 2 aliphatic rings. The predicted octanol–water partition coefficient (Wildman–Crippen LogP) is 1.13. The highest BCUT2D eigenvalue weighted by atomic mass is 16.5. The largest absolute Gasteiger partial charge is 0.481 e. The van der Waals surface area contributed by atoms with Gasteiger partial charge in [0.1, 0.15) is 0 Å². The van der Waals surface area contributed by atoms with Crippen molar-refractivity contribution in [3.8, 4) is 0 Å². The Morgan fingerprint density at radius 3 is 2.78 bits per heavy atom. The molecule has 0 spiro atoms. The number of hydrogen-bond donors (Lipinski definition) is 1. The maximum atomic E-state index is 12.3. The third-order valence-electron chi connectivity index (χ3n) is 4.03. The summed E-state index contributed by atoms with van der Waals surface area (Å²) < 4.78 is 5.33. The molecular weight excluding hydrogens is 234 g/mol. The Morgan fingerprint density at radius 1 is 1.39 bits per heavy atom. The van der Waals surface area contributed by atoms with Crippen molar-refractivity contribution in [1.29, 1.82) is 0 Å². The van der Waals surface area contributed by atoms with Crippen molar-refractivity contribution in [3.05, 3.63) is 0 Å². The number of amides is 1. The Balaban J connectivity index is 1.99. The normalized spacial score (nSPS) is 33.2. The molecule has 0 radical (unpaired) electrons. The summed E-state index contributed by atoms with van der Waals surface area (Å²) in [5, 5.41) is 9.24. The zero-order chi connectivity index (χ0) is 13.2. The number of carboxylic acid groups (broad SMARTS) is 1. The molecule has 2 unspecified atom stereocenters. The lowest BCUT2D eigenvalue weighted by molar-refractivity contribution is -0.155. The first-order chi connectivity index (χ1) is 8.53. The molecule has 0 saturated carbocycles.